The number of hydrogen-bond donors (Lipinski definition) is 2. The molecule has 0 bridgehead atoms. The summed E-state index contributed by atoms with van der Waals surface area (Å²) in [5, 5.41) is 15.7. The van der Waals surface area contributed by atoms with Crippen LogP contribution < -0.4 is 0 Å². The van der Waals surface area contributed by atoms with Gasteiger partial charge in [-0.15, -0.1) is 0 Å². The molecular weight excluding hydrogens is 178 g/mol. The van der Waals surface area contributed by atoms with Crippen LogP contribution in [0.25, 0.3) is 0 Å². The van der Waals surface area contributed by atoms with E-state index in [4.69, 9.17) is 10.5 Å². The van der Waals surface area contributed by atoms with E-state index >= 15 is 0 Å². The van der Waals surface area contributed by atoms with Crippen LogP contribution in [0.4, 0.5) is 0 Å². The van der Waals surface area contributed by atoms with E-state index < -0.39 is 5.97 Å². The Morgan fingerprint density at radius 1 is 1.50 bits per heavy atom. The predicted octanol–water partition coefficient (Wildman–Crippen LogP) is 1.95. The zero-order valence-corrected chi connectivity index (χ0v) is 8.03. The number of hydrogen-bond acceptors (Lipinski definition) is 2. The van der Waals surface area contributed by atoms with E-state index in [1.54, 1.807) is 6.92 Å². The number of nitrogens with one attached hydrogen (secondary N) is 1. The highest BCUT2D eigenvalue weighted by Gasteiger charge is 2.10. The zero-order valence-electron chi connectivity index (χ0n) is 8.03. The Morgan fingerprint density at radius 2 is 2.07 bits per heavy atom. The quantitative estimate of drug-likeness (QED) is 0.714. The van der Waals surface area contributed by atoms with Gasteiger partial charge in [0.1, 0.15) is 0 Å². The molecule has 0 fully saturated rings. The minimum atomic E-state index is -0.777. The van der Waals surface area contributed by atoms with Crippen LogP contribution >= 0.6 is 0 Å². The lowest BCUT2D eigenvalue weighted by Crippen LogP contribution is -2.12. The van der Waals surface area contributed by atoms with Crippen LogP contribution in [0.1, 0.15) is 18.1 Å². The maximum atomic E-state index is 10.6. The third-order valence-corrected chi connectivity index (χ3v) is 2.11. The number of benzene rings is 1. The van der Waals surface area contributed by atoms with Crippen molar-refractivity contribution in [3.63, 3.8) is 0 Å². The highest BCUT2D eigenvalue weighted by atomic mass is 16.4. The normalized spacial score (nSPS) is 12.1. The number of carboxylic acids is 1. The lowest BCUT2D eigenvalue weighted by atomic mass is 10.0. The first kappa shape index (κ1) is 10.4. The largest absolute Gasteiger partial charge is 0.481 e. The fourth-order valence-corrected chi connectivity index (χ4v) is 1.19. The van der Waals surface area contributed by atoms with Crippen molar-refractivity contribution in [1.82, 2.24) is 0 Å². The lowest BCUT2D eigenvalue weighted by Gasteiger charge is -2.05. The molecule has 0 aliphatic rings. The fourth-order valence-electron chi connectivity index (χ4n) is 1.19. The van der Waals surface area contributed by atoms with Crippen LogP contribution in [0.2, 0.25) is 0 Å². The highest BCUT2D eigenvalue weighted by Crippen LogP contribution is 2.09. The summed E-state index contributed by atoms with van der Waals surface area (Å²) < 4.78 is 0. The summed E-state index contributed by atoms with van der Waals surface area (Å²) in [6, 6.07) is 7.35. The van der Waals surface area contributed by atoms with Gasteiger partial charge in [-0.05, 0) is 17.5 Å². The van der Waals surface area contributed by atoms with E-state index in [-0.39, 0.29) is 5.92 Å². The van der Waals surface area contributed by atoms with Gasteiger partial charge in [-0.1, -0.05) is 31.2 Å². The van der Waals surface area contributed by atoms with Crippen molar-refractivity contribution >= 4 is 12.2 Å². The molecule has 14 heavy (non-hydrogen) atoms. The standard InChI is InChI=1S/C11H13NO2/c1-8(11(13)14)6-9-2-4-10(7-12)5-3-9/h2-5,7-8,12H,6H2,1H3,(H,13,14). The average Bonchev–Trinajstić information content (AvgIpc) is 2.19. The Morgan fingerprint density at radius 3 is 2.50 bits per heavy atom. The van der Waals surface area contributed by atoms with Gasteiger partial charge < -0.3 is 10.5 Å². The molecule has 0 amide bonds. The van der Waals surface area contributed by atoms with Gasteiger partial charge in [-0.25, -0.2) is 0 Å². The van der Waals surface area contributed by atoms with Crippen molar-refractivity contribution in [2.45, 2.75) is 13.3 Å². The Labute approximate surface area is 82.9 Å². The summed E-state index contributed by atoms with van der Waals surface area (Å²) in [5.41, 5.74) is 1.82. The highest BCUT2D eigenvalue weighted by molar-refractivity contribution is 5.76. The third kappa shape index (κ3) is 2.69. The van der Waals surface area contributed by atoms with Gasteiger partial charge in [-0.3, -0.25) is 4.79 Å². The van der Waals surface area contributed by atoms with Crippen LogP contribution in [-0.2, 0) is 11.2 Å². The van der Waals surface area contributed by atoms with E-state index in [0.717, 1.165) is 11.1 Å². The first-order chi connectivity index (χ1) is 6.63. The van der Waals surface area contributed by atoms with Gasteiger partial charge in [0.05, 0.1) is 5.92 Å². The minimum Gasteiger partial charge on any atom is -0.481 e. The molecule has 0 heterocycles. The van der Waals surface area contributed by atoms with E-state index in [1.165, 1.54) is 6.21 Å². The van der Waals surface area contributed by atoms with Gasteiger partial charge in [0.2, 0.25) is 0 Å². The summed E-state index contributed by atoms with van der Waals surface area (Å²) in [6.07, 6.45) is 1.80. The number of carbonyl (C=O) groups is 1. The molecule has 3 nitrogen and oxygen atoms in total. The molecule has 0 aromatic heterocycles. The summed E-state index contributed by atoms with van der Waals surface area (Å²) in [6.45, 7) is 1.69. The van der Waals surface area contributed by atoms with Crippen LogP contribution in [0.15, 0.2) is 24.3 Å². The number of carboxylic acid groups (broad SMARTS) is 1. The second kappa shape index (κ2) is 4.56. The maximum Gasteiger partial charge on any atom is 0.306 e. The van der Waals surface area contributed by atoms with Crippen molar-refractivity contribution in [2.75, 3.05) is 0 Å². The van der Waals surface area contributed by atoms with Gasteiger partial charge in [0, 0.05) is 6.21 Å². The minimum absolute atomic E-state index is 0.360. The molecule has 0 aliphatic carbocycles. The third-order valence-electron chi connectivity index (χ3n) is 2.11. The molecule has 0 radical (unpaired) electrons. The first-order valence-electron chi connectivity index (χ1n) is 4.45. The second-order valence-electron chi connectivity index (χ2n) is 3.33. The maximum absolute atomic E-state index is 10.6. The Balaban J connectivity index is 2.68. The van der Waals surface area contributed by atoms with Crippen LogP contribution in [0.5, 0.6) is 0 Å². The molecule has 0 saturated carbocycles. The van der Waals surface area contributed by atoms with E-state index in [0.29, 0.717) is 6.42 Å². The van der Waals surface area contributed by atoms with Crippen LogP contribution in [-0.4, -0.2) is 17.3 Å². The molecule has 0 spiro atoms. The van der Waals surface area contributed by atoms with Gasteiger partial charge in [0.25, 0.3) is 0 Å². The van der Waals surface area contributed by atoms with Crippen LogP contribution in [0.3, 0.4) is 0 Å². The molecule has 0 saturated heterocycles. The van der Waals surface area contributed by atoms with Crippen molar-refractivity contribution in [1.29, 1.82) is 5.41 Å². The smallest absolute Gasteiger partial charge is 0.306 e. The molecular formula is C11H13NO2. The average molecular weight is 191 g/mol. The van der Waals surface area contributed by atoms with Crippen LogP contribution in [0, 0.1) is 11.3 Å². The molecule has 1 rings (SSSR count). The summed E-state index contributed by atoms with van der Waals surface area (Å²) in [4.78, 5) is 10.6. The predicted molar refractivity (Wildman–Crippen MR) is 54.8 cm³/mol. The summed E-state index contributed by atoms with van der Waals surface area (Å²) >= 11 is 0. The van der Waals surface area contributed by atoms with Crippen molar-refractivity contribution in [3.05, 3.63) is 35.4 Å². The van der Waals surface area contributed by atoms with Crippen molar-refractivity contribution < 1.29 is 9.90 Å². The van der Waals surface area contributed by atoms with E-state index in [9.17, 15) is 4.79 Å². The topological polar surface area (TPSA) is 61.2 Å². The zero-order chi connectivity index (χ0) is 10.6. The number of aliphatic carboxylic acids is 1. The van der Waals surface area contributed by atoms with E-state index in [2.05, 4.69) is 0 Å². The molecule has 1 unspecified atom stereocenters. The Kier molecular flexibility index (Phi) is 3.40. The van der Waals surface area contributed by atoms with Gasteiger partial charge in [0.15, 0.2) is 0 Å². The molecule has 0 aliphatic heterocycles. The van der Waals surface area contributed by atoms with E-state index in [1.807, 2.05) is 24.3 Å². The van der Waals surface area contributed by atoms with Gasteiger partial charge in [-0.2, -0.15) is 0 Å². The molecule has 3 heteroatoms. The SMILES string of the molecule is CC(Cc1ccc(C=N)cc1)C(=O)O. The molecule has 74 valence electrons. The summed E-state index contributed by atoms with van der Waals surface area (Å²) in [7, 11) is 0. The monoisotopic (exact) mass is 191 g/mol. The molecule has 1 aromatic carbocycles. The van der Waals surface area contributed by atoms with Gasteiger partial charge >= 0.3 is 5.97 Å². The molecule has 1 aromatic rings. The molecule has 1 atom stereocenters. The second-order valence-corrected chi connectivity index (χ2v) is 3.33. The van der Waals surface area contributed by atoms with Crippen molar-refractivity contribution in [3.8, 4) is 0 Å². The lowest BCUT2D eigenvalue weighted by molar-refractivity contribution is -0.141. The first-order valence-corrected chi connectivity index (χ1v) is 4.45. The Hall–Kier alpha value is -1.64. The summed E-state index contributed by atoms with van der Waals surface area (Å²) in [5.74, 6) is -1.14. The Bertz CT molecular complexity index is 330. The number of rotatable bonds is 4. The van der Waals surface area contributed by atoms with Crippen molar-refractivity contribution in [2.24, 2.45) is 5.92 Å². The fraction of sp³-hybridized carbons (Fsp3) is 0.273. The molecule has 2 N–H and O–H groups in total.